The van der Waals surface area contributed by atoms with Crippen LogP contribution in [0.25, 0.3) is 0 Å². The largest absolute Gasteiger partial charge is 0.463 e. The van der Waals surface area contributed by atoms with E-state index in [2.05, 4.69) is 39.8 Å². The van der Waals surface area contributed by atoms with E-state index < -0.39 is 0 Å². The van der Waals surface area contributed by atoms with Gasteiger partial charge in [-0.2, -0.15) is 0 Å². The molecule has 0 saturated carbocycles. The minimum atomic E-state index is -0.107. The summed E-state index contributed by atoms with van der Waals surface area (Å²) in [5.41, 5.74) is 0. The fraction of sp³-hybridized carbons (Fsp3) is 0.906. The van der Waals surface area contributed by atoms with Gasteiger partial charge in [0.05, 0.1) is 32.5 Å². The predicted octanol–water partition coefficient (Wildman–Crippen LogP) is 8.30. The van der Waals surface area contributed by atoms with E-state index in [0.717, 1.165) is 19.4 Å². The number of unbranched alkanes of at least 4 members (excludes halogenated alkanes) is 12. The SMILES string of the molecule is CCCCCCCC/C=C\CCCCCCCCC(=O)OCCOCCOCC(C)C1OCC(C)[C@@H]1C. The number of esters is 1. The Morgan fingerprint density at radius 2 is 1.38 bits per heavy atom. The lowest BCUT2D eigenvalue weighted by molar-refractivity contribution is -0.145. The van der Waals surface area contributed by atoms with Crippen LogP contribution in [0.5, 0.6) is 0 Å². The first-order valence-corrected chi connectivity index (χ1v) is 15.6. The molecule has 3 unspecified atom stereocenters. The van der Waals surface area contributed by atoms with Crippen LogP contribution >= 0.6 is 0 Å². The van der Waals surface area contributed by atoms with Crippen molar-refractivity contribution in [3.63, 3.8) is 0 Å². The Bertz CT molecular complexity index is 549. The molecular formula is C32H60O5. The van der Waals surface area contributed by atoms with Crippen LogP contribution in [0.1, 0.15) is 124 Å². The van der Waals surface area contributed by atoms with Crippen LogP contribution in [0.2, 0.25) is 0 Å². The van der Waals surface area contributed by atoms with Gasteiger partial charge in [-0.05, 0) is 43.9 Å². The summed E-state index contributed by atoms with van der Waals surface area (Å²) in [7, 11) is 0. The third-order valence-corrected chi connectivity index (χ3v) is 7.66. The van der Waals surface area contributed by atoms with Crippen LogP contribution in [0.4, 0.5) is 0 Å². The smallest absolute Gasteiger partial charge is 0.305 e. The van der Waals surface area contributed by atoms with Gasteiger partial charge in [0.2, 0.25) is 0 Å². The number of rotatable bonds is 25. The van der Waals surface area contributed by atoms with Gasteiger partial charge in [-0.25, -0.2) is 0 Å². The van der Waals surface area contributed by atoms with Gasteiger partial charge in [0.1, 0.15) is 6.61 Å². The van der Waals surface area contributed by atoms with Crippen LogP contribution in [-0.4, -0.2) is 51.7 Å². The molecule has 0 amide bonds. The maximum Gasteiger partial charge on any atom is 0.305 e. The Balaban J connectivity index is 1.78. The number of carbonyl (C=O) groups excluding carboxylic acids is 1. The minimum Gasteiger partial charge on any atom is -0.463 e. The molecule has 1 rings (SSSR count). The van der Waals surface area contributed by atoms with Crippen LogP contribution in [0.15, 0.2) is 12.2 Å². The van der Waals surface area contributed by atoms with E-state index in [1.807, 2.05) is 0 Å². The van der Waals surface area contributed by atoms with E-state index >= 15 is 0 Å². The second-order valence-electron chi connectivity index (χ2n) is 11.2. The van der Waals surface area contributed by atoms with E-state index in [0.29, 0.717) is 63.3 Å². The molecule has 0 aliphatic carbocycles. The van der Waals surface area contributed by atoms with Gasteiger partial charge in [0.25, 0.3) is 0 Å². The van der Waals surface area contributed by atoms with Crippen molar-refractivity contribution in [2.45, 2.75) is 130 Å². The third-order valence-electron chi connectivity index (χ3n) is 7.66. The summed E-state index contributed by atoms with van der Waals surface area (Å²) in [6, 6.07) is 0. The topological polar surface area (TPSA) is 54.0 Å². The number of carbonyl (C=O) groups is 1. The van der Waals surface area contributed by atoms with Crippen molar-refractivity contribution in [2.24, 2.45) is 17.8 Å². The molecule has 0 bridgehead atoms. The maximum atomic E-state index is 11.9. The lowest BCUT2D eigenvalue weighted by atomic mass is 9.88. The Labute approximate surface area is 229 Å². The summed E-state index contributed by atoms with van der Waals surface area (Å²) in [5.74, 6) is 1.49. The Morgan fingerprint density at radius 3 is 2.00 bits per heavy atom. The highest BCUT2D eigenvalue weighted by atomic mass is 16.6. The van der Waals surface area contributed by atoms with E-state index in [9.17, 15) is 4.79 Å². The molecule has 5 nitrogen and oxygen atoms in total. The van der Waals surface area contributed by atoms with E-state index in [1.165, 1.54) is 77.0 Å². The number of allylic oxidation sites excluding steroid dienone is 2. The molecule has 4 atom stereocenters. The first-order valence-electron chi connectivity index (χ1n) is 15.6. The highest BCUT2D eigenvalue weighted by Gasteiger charge is 2.34. The zero-order valence-corrected chi connectivity index (χ0v) is 24.9. The van der Waals surface area contributed by atoms with Gasteiger partial charge in [-0.3, -0.25) is 4.79 Å². The maximum absolute atomic E-state index is 11.9. The molecule has 0 aromatic heterocycles. The average molecular weight is 525 g/mol. The first-order chi connectivity index (χ1) is 18.1. The minimum absolute atomic E-state index is 0.107. The molecule has 1 fully saturated rings. The van der Waals surface area contributed by atoms with Gasteiger partial charge < -0.3 is 18.9 Å². The van der Waals surface area contributed by atoms with Crippen LogP contribution < -0.4 is 0 Å². The number of hydrogen-bond donors (Lipinski definition) is 0. The van der Waals surface area contributed by atoms with Gasteiger partial charge in [0, 0.05) is 18.9 Å². The average Bonchev–Trinajstić information content (AvgIpc) is 3.23. The van der Waals surface area contributed by atoms with Gasteiger partial charge >= 0.3 is 5.97 Å². The van der Waals surface area contributed by atoms with Gasteiger partial charge in [-0.15, -0.1) is 0 Å². The zero-order valence-electron chi connectivity index (χ0n) is 24.9. The molecule has 0 aromatic carbocycles. The molecule has 1 saturated heterocycles. The number of ether oxygens (including phenoxy) is 4. The lowest BCUT2D eigenvalue weighted by Gasteiger charge is -2.23. The molecule has 0 radical (unpaired) electrons. The Morgan fingerprint density at radius 1 is 0.811 bits per heavy atom. The zero-order chi connectivity index (χ0) is 27.0. The van der Waals surface area contributed by atoms with E-state index in [4.69, 9.17) is 18.9 Å². The van der Waals surface area contributed by atoms with Crippen molar-refractivity contribution in [3.05, 3.63) is 12.2 Å². The first kappa shape index (κ1) is 34.1. The second kappa shape index (κ2) is 24.2. The fourth-order valence-electron chi connectivity index (χ4n) is 4.96. The molecule has 1 aliphatic heterocycles. The molecule has 37 heavy (non-hydrogen) atoms. The summed E-state index contributed by atoms with van der Waals surface area (Å²) in [5, 5.41) is 0. The quantitative estimate of drug-likeness (QED) is 0.0683. The van der Waals surface area contributed by atoms with Gasteiger partial charge in [0.15, 0.2) is 0 Å². The fourth-order valence-corrected chi connectivity index (χ4v) is 4.96. The van der Waals surface area contributed by atoms with Crippen molar-refractivity contribution < 1.29 is 23.7 Å². The molecule has 1 aliphatic rings. The monoisotopic (exact) mass is 524 g/mol. The molecule has 0 spiro atoms. The highest BCUT2D eigenvalue weighted by molar-refractivity contribution is 5.69. The predicted molar refractivity (Wildman–Crippen MR) is 154 cm³/mol. The van der Waals surface area contributed by atoms with Crippen molar-refractivity contribution >= 4 is 5.97 Å². The summed E-state index contributed by atoms with van der Waals surface area (Å²) in [4.78, 5) is 11.9. The summed E-state index contributed by atoms with van der Waals surface area (Å²) < 4.78 is 22.4. The summed E-state index contributed by atoms with van der Waals surface area (Å²) in [6.45, 7) is 12.4. The van der Waals surface area contributed by atoms with Crippen molar-refractivity contribution in [1.82, 2.24) is 0 Å². The van der Waals surface area contributed by atoms with Crippen LogP contribution in [-0.2, 0) is 23.7 Å². The second-order valence-corrected chi connectivity index (χ2v) is 11.2. The molecule has 0 N–H and O–H groups in total. The normalized spacial score (nSPS) is 20.6. The van der Waals surface area contributed by atoms with Gasteiger partial charge in [-0.1, -0.05) is 97.6 Å². The van der Waals surface area contributed by atoms with Crippen LogP contribution in [0, 0.1) is 17.8 Å². The third kappa shape index (κ3) is 18.9. The summed E-state index contributed by atoms with van der Waals surface area (Å²) in [6.07, 6.45) is 23.4. The standard InChI is InChI=1S/C32H60O5/c1-5-6-7-8-9-10-11-12-13-14-15-16-17-18-19-20-21-31(33)36-25-24-34-22-23-35-26-29(3)32-30(4)28(2)27-37-32/h12-13,28-30,32H,5-11,14-27H2,1-4H3/b13-12-/t28?,29?,30-,32?/m0/s1. The van der Waals surface area contributed by atoms with E-state index in [-0.39, 0.29) is 5.97 Å². The molecule has 218 valence electrons. The molecule has 0 aromatic rings. The number of hydrogen-bond acceptors (Lipinski definition) is 5. The Hall–Kier alpha value is -0.910. The van der Waals surface area contributed by atoms with Crippen molar-refractivity contribution in [3.8, 4) is 0 Å². The molecule has 1 heterocycles. The molecular weight excluding hydrogens is 464 g/mol. The van der Waals surface area contributed by atoms with Crippen molar-refractivity contribution in [2.75, 3.05) is 39.6 Å². The van der Waals surface area contributed by atoms with E-state index in [1.54, 1.807) is 0 Å². The highest BCUT2D eigenvalue weighted by Crippen LogP contribution is 2.31. The lowest BCUT2D eigenvalue weighted by Crippen LogP contribution is -2.28. The molecule has 5 heteroatoms. The summed E-state index contributed by atoms with van der Waals surface area (Å²) >= 11 is 0. The van der Waals surface area contributed by atoms with Crippen LogP contribution in [0.3, 0.4) is 0 Å². The van der Waals surface area contributed by atoms with Crippen molar-refractivity contribution in [1.29, 1.82) is 0 Å². The Kier molecular flexibility index (Phi) is 22.3.